The van der Waals surface area contributed by atoms with E-state index in [2.05, 4.69) is 9.71 Å². The molecule has 1 N–H and O–H groups in total. The maximum Gasteiger partial charge on any atom is 0.257 e. The summed E-state index contributed by atoms with van der Waals surface area (Å²) in [6.45, 7) is 4.87. The number of benzene rings is 1. The lowest BCUT2D eigenvalue weighted by Gasteiger charge is -2.14. The zero-order chi connectivity index (χ0) is 25.4. The van der Waals surface area contributed by atoms with E-state index < -0.39 is 15.9 Å². The second-order valence-corrected chi connectivity index (χ2v) is 11.6. The fourth-order valence-electron chi connectivity index (χ4n) is 4.15. The third-order valence-electron chi connectivity index (χ3n) is 6.13. The molecule has 0 atom stereocenters. The Balaban J connectivity index is 1.67. The van der Waals surface area contributed by atoms with E-state index >= 15 is 0 Å². The highest BCUT2D eigenvalue weighted by Gasteiger charge is 2.17. The SMILES string of the molecule is CCCCCS(=O)(=O)NC(=O)C=Cc1c(Cl)nc(C)n1Cc1ccc(OCC2CCCC2)cc1Cl. The maximum atomic E-state index is 12.2. The summed E-state index contributed by atoms with van der Waals surface area (Å²) in [6.07, 6.45) is 9.77. The van der Waals surface area contributed by atoms with Crippen LogP contribution in [0.1, 0.15) is 69.0 Å². The minimum absolute atomic E-state index is 0.0862. The van der Waals surface area contributed by atoms with Gasteiger partial charge in [-0.1, -0.05) is 61.9 Å². The van der Waals surface area contributed by atoms with Crippen LogP contribution in [0.25, 0.3) is 6.08 Å². The van der Waals surface area contributed by atoms with Crippen LogP contribution in [0.5, 0.6) is 5.75 Å². The predicted molar refractivity (Wildman–Crippen MR) is 140 cm³/mol. The molecule has 0 unspecified atom stereocenters. The molecular weight excluding hydrogens is 509 g/mol. The Labute approximate surface area is 217 Å². The highest BCUT2D eigenvalue weighted by Crippen LogP contribution is 2.29. The van der Waals surface area contributed by atoms with Gasteiger partial charge >= 0.3 is 0 Å². The lowest BCUT2D eigenvalue weighted by molar-refractivity contribution is -0.114. The number of halogens is 2. The maximum absolute atomic E-state index is 12.2. The number of sulfonamides is 1. The molecule has 192 valence electrons. The van der Waals surface area contributed by atoms with Gasteiger partial charge in [-0.05, 0) is 55.9 Å². The molecule has 1 aliphatic rings. The Bertz CT molecular complexity index is 1160. The van der Waals surface area contributed by atoms with E-state index in [-0.39, 0.29) is 10.9 Å². The van der Waals surface area contributed by atoms with Gasteiger partial charge in [-0.2, -0.15) is 0 Å². The minimum atomic E-state index is -3.68. The lowest BCUT2D eigenvalue weighted by Crippen LogP contribution is -2.31. The average molecular weight is 543 g/mol. The predicted octanol–water partition coefficient (Wildman–Crippen LogP) is 5.77. The van der Waals surface area contributed by atoms with Crippen LogP contribution in [-0.4, -0.2) is 36.2 Å². The number of hydrogen-bond acceptors (Lipinski definition) is 5. The monoisotopic (exact) mass is 541 g/mol. The molecule has 0 spiro atoms. The zero-order valence-corrected chi connectivity index (χ0v) is 22.6. The van der Waals surface area contributed by atoms with E-state index in [4.69, 9.17) is 27.9 Å². The van der Waals surface area contributed by atoms with Crippen LogP contribution in [-0.2, 0) is 21.4 Å². The first-order valence-electron chi connectivity index (χ1n) is 12.0. The summed E-state index contributed by atoms with van der Waals surface area (Å²) in [4.78, 5) is 16.5. The van der Waals surface area contributed by atoms with E-state index in [1.807, 2.05) is 29.7 Å². The molecule has 7 nitrogen and oxygen atoms in total. The van der Waals surface area contributed by atoms with Crippen molar-refractivity contribution in [1.82, 2.24) is 14.3 Å². The summed E-state index contributed by atoms with van der Waals surface area (Å²) in [7, 11) is -3.68. The van der Waals surface area contributed by atoms with E-state index in [0.717, 1.165) is 30.2 Å². The van der Waals surface area contributed by atoms with Gasteiger partial charge in [-0.3, -0.25) is 4.79 Å². The summed E-state index contributed by atoms with van der Waals surface area (Å²) < 4.78 is 33.9. The normalized spacial score (nSPS) is 14.6. The first-order valence-corrected chi connectivity index (χ1v) is 14.5. The third kappa shape index (κ3) is 8.26. The molecule has 1 aliphatic carbocycles. The summed E-state index contributed by atoms with van der Waals surface area (Å²) in [6, 6.07) is 5.62. The lowest BCUT2D eigenvalue weighted by atomic mass is 10.1. The number of unbranched alkanes of at least 4 members (excludes halogenated alkanes) is 2. The van der Waals surface area contributed by atoms with Crippen molar-refractivity contribution in [3.63, 3.8) is 0 Å². The number of aromatic nitrogens is 2. The van der Waals surface area contributed by atoms with Crippen molar-refractivity contribution >= 4 is 45.2 Å². The van der Waals surface area contributed by atoms with Crippen molar-refractivity contribution in [3.05, 3.63) is 51.5 Å². The Kier molecular flexibility index (Phi) is 10.1. The average Bonchev–Trinajstić information content (AvgIpc) is 3.40. The van der Waals surface area contributed by atoms with Gasteiger partial charge in [-0.25, -0.2) is 18.1 Å². The molecule has 1 saturated carbocycles. The van der Waals surface area contributed by atoms with Crippen LogP contribution in [0.15, 0.2) is 24.3 Å². The van der Waals surface area contributed by atoms with E-state index in [1.54, 1.807) is 6.92 Å². The molecule has 1 heterocycles. The van der Waals surface area contributed by atoms with Gasteiger partial charge in [0.2, 0.25) is 10.0 Å². The molecule has 1 fully saturated rings. The van der Waals surface area contributed by atoms with Gasteiger partial charge in [0.15, 0.2) is 5.15 Å². The van der Waals surface area contributed by atoms with Gasteiger partial charge < -0.3 is 9.30 Å². The van der Waals surface area contributed by atoms with E-state index in [1.165, 1.54) is 31.8 Å². The molecule has 2 aromatic rings. The number of nitrogens with one attached hydrogen (secondary N) is 1. The summed E-state index contributed by atoms with van der Waals surface area (Å²) >= 11 is 12.8. The number of imidazole rings is 1. The molecule has 1 amide bonds. The summed E-state index contributed by atoms with van der Waals surface area (Å²) in [5.41, 5.74) is 1.33. The van der Waals surface area contributed by atoms with Crippen LogP contribution < -0.4 is 9.46 Å². The zero-order valence-electron chi connectivity index (χ0n) is 20.2. The molecule has 10 heteroatoms. The number of aryl methyl sites for hydroxylation is 1. The fraction of sp³-hybridized carbons (Fsp3) is 0.520. The van der Waals surface area contributed by atoms with Crippen molar-refractivity contribution in [1.29, 1.82) is 0 Å². The smallest absolute Gasteiger partial charge is 0.257 e. The summed E-state index contributed by atoms with van der Waals surface area (Å²) in [5.74, 6) is 1.17. The van der Waals surface area contributed by atoms with Crippen molar-refractivity contribution in [2.24, 2.45) is 5.92 Å². The largest absolute Gasteiger partial charge is 0.493 e. The molecule has 0 saturated heterocycles. The third-order valence-corrected chi connectivity index (χ3v) is 8.10. The minimum Gasteiger partial charge on any atom is -0.493 e. The first-order chi connectivity index (χ1) is 16.7. The Morgan fingerprint density at radius 3 is 2.69 bits per heavy atom. The number of carbonyl (C=O) groups is 1. The van der Waals surface area contributed by atoms with Crippen LogP contribution in [0, 0.1) is 12.8 Å². The molecule has 0 aliphatic heterocycles. The molecule has 3 rings (SSSR count). The highest BCUT2D eigenvalue weighted by molar-refractivity contribution is 7.90. The van der Waals surface area contributed by atoms with Crippen molar-refractivity contribution < 1.29 is 17.9 Å². The number of rotatable bonds is 12. The molecule has 35 heavy (non-hydrogen) atoms. The topological polar surface area (TPSA) is 90.3 Å². The van der Waals surface area contributed by atoms with Gasteiger partial charge in [0.05, 0.1) is 24.6 Å². The first kappa shape index (κ1) is 27.6. The van der Waals surface area contributed by atoms with Crippen molar-refractivity contribution in [2.75, 3.05) is 12.4 Å². The fourth-order valence-corrected chi connectivity index (χ4v) is 5.72. The van der Waals surface area contributed by atoms with E-state index in [0.29, 0.717) is 42.0 Å². The highest BCUT2D eigenvalue weighted by atomic mass is 35.5. The molecular formula is C25H33Cl2N3O4S. The van der Waals surface area contributed by atoms with Crippen molar-refractivity contribution in [3.8, 4) is 5.75 Å². The number of carbonyl (C=O) groups excluding carboxylic acids is 1. The Hall–Kier alpha value is -2.03. The van der Waals surface area contributed by atoms with E-state index in [9.17, 15) is 13.2 Å². The Morgan fingerprint density at radius 2 is 2.00 bits per heavy atom. The standard InChI is InChI=1S/C25H33Cl2N3O4S/c1-3-4-7-14-35(32,33)29-24(31)13-12-23-25(27)28-18(2)30(23)16-20-10-11-21(15-22(20)26)34-17-19-8-5-6-9-19/h10-13,15,19H,3-9,14,16-17H2,1-2H3,(H,29,31). The van der Waals surface area contributed by atoms with Crippen LogP contribution in [0.4, 0.5) is 0 Å². The molecule has 0 radical (unpaired) electrons. The number of amides is 1. The van der Waals surface area contributed by atoms with Gasteiger partial charge in [0, 0.05) is 11.1 Å². The van der Waals surface area contributed by atoms with Crippen LogP contribution in [0.3, 0.4) is 0 Å². The van der Waals surface area contributed by atoms with Gasteiger partial charge in [-0.15, -0.1) is 0 Å². The number of nitrogens with zero attached hydrogens (tertiary/aromatic N) is 2. The van der Waals surface area contributed by atoms with Crippen LogP contribution >= 0.6 is 23.2 Å². The second-order valence-electron chi connectivity index (χ2n) is 8.96. The van der Waals surface area contributed by atoms with Crippen molar-refractivity contribution in [2.45, 2.75) is 65.3 Å². The van der Waals surface area contributed by atoms with Gasteiger partial charge in [0.25, 0.3) is 5.91 Å². The molecule has 1 aromatic heterocycles. The Morgan fingerprint density at radius 1 is 1.26 bits per heavy atom. The van der Waals surface area contributed by atoms with Gasteiger partial charge in [0.1, 0.15) is 11.6 Å². The molecule has 1 aromatic carbocycles. The second kappa shape index (κ2) is 12.8. The molecule has 0 bridgehead atoms. The van der Waals surface area contributed by atoms with Crippen LogP contribution in [0.2, 0.25) is 10.2 Å². The number of hydrogen-bond donors (Lipinski definition) is 1. The summed E-state index contributed by atoms with van der Waals surface area (Å²) in [5, 5.41) is 0.772. The quantitative estimate of drug-likeness (QED) is 0.272. The number of ether oxygens (including phenoxy) is 1.